The molecule has 0 saturated heterocycles. The molecule has 0 spiro atoms. The van der Waals surface area contributed by atoms with Crippen LogP contribution in [0.1, 0.15) is 62.3 Å². The van der Waals surface area contributed by atoms with E-state index in [4.69, 9.17) is 69.5 Å². The van der Waals surface area contributed by atoms with E-state index in [0.717, 1.165) is 0 Å². The predicted molar refractivity (Wildman–Crippen MR) is 143 cm³/mol. The molecule has 0 N–H and O–H groups in total. The van der Waals surface area contributed by atoms with Crippen molar-refractivity contribution < 1.29 is 54.2 Å². The van der Waals surface area contributed by atoms with Crippen molar-refractivity contribution in [1.82, 2.24) is 0 Å². The maximum absolute atomic E-state index is 5.14. The second kappa shape index (κ2) is 40.0. The summed E-state index contributed by atoms with van der Waals surface area (Å²) >= 11 is -1.92. The normalized spacial score (nSPS) is 10.9. The fourth-order valence-electron chi connectivity index (χ4n) is 1.28. The summed E-state index contributed by atoms with van der Waals surface area (Å²) in [5.41, 5.74) is 0. The summed E-state index contributed by atoms with van der Waals surface area (Å²) in [4.78, 5) is 0. The van der Waals surface area contributed by atoms with Crippen molar-refractivity contribution in [1.29, 1.82) is 0 Å². The van der Waals surface area contributed by atoms with Crippen LogP contribution in [-0.4, -0.2) is 59.5 Å². The first kappa shape index (κ1) is 43.5. The molecule has 16 heteroatoms. The van der Waals surface area contributed by atoms with Gasteiger partial charge in [-0.3, -0.25) is 0 Å². The molecular weight excluding hydrogens is 752 g/mol. The standard InChI is InChI=1S/3C6H15O3P.3ClH.Ir/c3*1-4-7-10(8-5-2)9-6-3;;;;/h3*4-6H2,1-3H3;3*1H;/q;;;;;;+3/p-3. The Morgan fingerprint density at radius 1 is 0.353 bits per heavy atom. The van der Waals surface area contributed by atoms with Gasteiger partial charge in [0, 0.05) is 0 Å². The van der Waals surface area contributed by atoms with Gasteiger partial charge in [0.1, 0.15) is 0 Å². The molecule has 216 valence electrons. The van der Waals surface area contributed by atoms with Gasteiger partial charge in [-0.1, -0.05) is 0 Å². The van der Waals surface area contributed by atoms with Gasteiger partial charge in [0.15, 0.2) is 0 Å². The van der Waals surface area contributed by atoms with E-state index in [-0.39, 0.29) is 0 Å². The summed E-state index contributed by atoms with van der Waals surface area (Å²) in [6.07, 6.45) is 0. The van der Waals surface area contributed by atoms with E-state index >= 15 is 0 Å². The first-order valence-electron chi connectivity index (χ1n) is 11.0. The van der Waals surface area contributed by atoms with Crippen LogP contribution in [0.4, 0.5) is 0 Å². The van der Waals surface area contributed by atoms with Crippen LogP contribution >= 0.6 is 54.6 Å². The average Bonchev–Trinajstić information content (AvgIpc) is 2.76. The van der Waals surface area contributed by atoms with Gasteiger partial charge in [-0.25, -0.2) is 0 Å². The van der Waals surface area contributed by atoms with E-state index in [0.29, 0.717) is 59.5 Å². The molecule has 9 nitrogen and oxygen atoms in total. The third-order valence-corrected chi connectivity index (χ3v) is 6.33. The zero-order valence-electron chi connectivity index (χ0n) is 21.8. The van der Waals surface area contributed by atoms with Gasteiger partial charge in [-0.15, -0.1) is 0 Å². The fraction of sp³-hybridized carbons (Fsp3) is 1.00. The van der Waals surface area contributed by atoms with Crippen LogP contribution in [0.2, 0.25) is 0 Å². The maximum atomic E-state index is 5.14. The molecule has 0 aliphatic rings. The molecule has 0 aromatic carbocycles. The molecule has 0 atom stereocenters. The molecule has 0 radical (unpaired) electrons. The second-order valence-electron chi connectivity index (χ2n) is 4.57. The molecule has 0 saturated carbocycles. The van der Waals surface area contributed by atoms with Crippen molar-refractivity contribution in [2.45, 2.75) is 62.3 Å². The molecule has 34 heavy (non-hydrogen) atoms. The van der Waals surface area contributed by atoms with Crippen molar-refractivity contribution in [2.75, 3.05) is 59.5 Å². The minimum atomic E-state index is -1.92. The first-order chi connectivity index (χ1) is 16.3. The molecule has 0 fully saturated rings. The number of hydrogen-bond acceptors (Lipinski definition) is 9. The quantitative estimate of drug-likeness (QED) is 0.126. The Balaban J connectivity index is -0.000000184. The Bertz CT molecular complexity index is 264. The van der Waals surface area contributed by atoms with Gasteiger partial charge in [0.25, 0.3) is 0 Å². The first-order valence-corrected chi connectivity index (χ1v) is 23.2. The summed E-state index contributed by atoms with van der Waals surface area (Å²) in [6.45, 7) is 23.1. The van der Waals surface area contributed by atoms with Crippen LogP contribution in [0.25, 0.3) is 0 Å². The molecule has 0 aromatic rings. The average molecular weight is 797 g/mol. The van der Waals surface area contributed by atoms with Crippen LogP contribution in [0.5, 0.6) is 0 Å². The predicted octanol–water partition coefficient (Wildman–Crippen LogP) is 9.03. The number of hydrogen-bond donors (Lipinski definition) is 0. The number of halogens is 3. The zero-order chi connectivity index (χ0) is 27.0. The van der Waals surface area contributed by atoms with Crippen molar-refractivity contribution in [3.63, 3.8) is 0 Å². The fourth-order valence-corrected chi connectivity index (χ4v) is 3.85. The van der Waals surface area contributed by atoms with Crippen molar-refractivity contribution >= 4 is 54.6 Å². The van der Waals surface area contributed by atoms with Gasteiger partial charge in [-0.05, 0) is 62.3 Å². The molecular formula is C18H45Cl3IrO9P3. The molecule has 0 aromatic heterocycles. The van der Waals surface area contributed by atoms with Crippen molar-refractivity contribution in [3.05, 3.63) is 0 Å². The second-order valence-corrected chi connectivity index (χ2v) is 18.6. The van der Waals surface area contributed by atoms with E-state index in [1.165, 1.54) is 0 Å². The summed E-state index contributed by atoms with van der Waals surface area (Å²) < 4.78 is 46.3. The van der Waals surface area contributed by atoms with Crippen LogP contribution in [0, 0.1) is 0 Å². The van der Waals surface area contributed by atoms with Crippen molar-refractivity contribution in [2.24, 2.45) is 0 Å². The third-order valence-electron chi connectivity index (χ3n) is 2.11. The minimum absolute atomic E-state index is 0.645. The Kier molecular flexibility index (Phi) is 51.1. The van der Waals surface area contributed by atoms with E-state index in [1.807, 2.05) is 62.3 Å². The van der Waals surface area contributed by atoms with Crippen LogP contribution in [-0.2, 0) is 54.2 Å². The molecule has 0 aliphatic heterocycles. The molecule has 0 heterocycles. The third kappa shape index (κ3) is 44.4. The SMILES string of the molecule is CCOP(OCC)OCC.CCOP(OCC)OCC.CCOP(OCC)OCC.[Cl][Ir]([Cl])[Cl]. The number of rotatable bonds is 18. The van der Waals surface area contributed by atoms with Gasteiger partial charge in [0.2, 0.25) is 0 Å². The Labute approximate surface area is 229 Å². The van der Waals surface area contributed by atoms with Gasteiger partial charge >= 0.3 is 68.0 Å². The summed E-state index contributed by atoms with van der Waals surface area (Å²) in [7, 11) is 11.7. The Hall–Kier alpha value is 2.45. The van der Waals surface area contributed by atoms with E-state index in [2.05, 4.69) is 0 Å². The van der Waals surface area contributed by atoms with Gasteiger partial charge in [0.05, 0.1) is 59.5 Å². The Morgan fingerprint density at radius 3 is 0.500 bits per heavy atom. The zero-order valence-corrected chi connectivity index (χ0v) is 29.2. The molecule has 0 rings (SSSR count). The van der Waals surface area contributed by atoms with Crippen LogP contribution in [0.15, 0.2) is 0 Å². The molecule has 0 unspecified atom stereocenters. The van der Waals surface area contributed by atoms with Gasteiger partial charge < -0.3 is 40.7 Å². The summed E-state index contributed by atoms with van der Waals surface area (Å²) in [6, 6.07) is 0. The summed E-state index contributed by atoms with van der Waals surface area (Å²) in [5, 5.41) is 0. The topological polar surface area (TPSA) is 83.1 Å². The van der Waals surface area contributed by atoms with E-state index in [9.17, 15) is 0 Å². The molecule has 0 amide bonds. The van der Waals surface area contributed by atoms with E-state index < -0.39 is 39.3 Å². The van der Waals surface area contributed by atoms with E-state index in [1.54, 1.807) is 0 Å². The van der Waals surface area contributed by atoms with Crippen LogP contribution < -0.4 is 0 Å². The van der Waals surface area contributed by atoms with Crippen LogP contribution in [0.3, 0.4) is 0 Å². The molecule has 0 aliphatic carbocycles. The monoisotopic (exact) mass is 796 g/mol. The van der Waals surface area contributed by atoms with Crippen molar-refractivity contribution in [3.8, 4) is 0 Å². The Morgan fingerprint density at radius 2 is 0.441 bits per heavy atom. The van der Waals surface area contributed by atoms with Gasteiger partial charge in [-0.2, -0.15) is 0 Å². The molecule has 0 bridgehead atoms. The summed E-state index contributed by atoms with van der Waals surface area (Å²) in [5.74, 6) is 0.